The minimum Gasteiger partial charge on any atom is -0.497 e. The summed E-state index contributed by atoms with van der Waals surface area (Å²) in [5.74, 6) is 1.63. The molecule has 0 fully saturated rings. The van der Waals surface area contributed by atoms with Crippen molar-refractivity contribution in [2.45, 2.75) is 11.6 Å². The Bertz CT molecular complexity index is 1050. The monoisotopic (exact) mass is 441 g/mol. The van der Waals surface area contributed by atoms with Gasteiger partial charge < -0.3 is 24.7 Å². The SMILES string of the molecule is COc1ccc(NC(=O)Cc2nnc(SCC(=O)Nc3cccc(OC)c3)n2C)cc1. The van der Waals surface area contributed by atoms with Crippen LogP contribution in [0.5, 0.6) is 11.5 Å². The van der Waals surface area contributed by atoms with Gasteiger partial charge in [0.05, 0.1) is 26.4 Å². The van der Waals surface area contributed by atoms with Crippen LogP contribution in [-0.4, -0.2) is 46.6 Å². The van der Waals surface area contributed by atoms with Crippen molar-refractivity contribution in [3.63, 3.8) is 0 Å². The number of anilines is 2. The maximum atomic E-state index is 12.3. The standard InChI is InChI=1S/C21H23N5O4S/c1-26-18(12-19(27)22-14-7-9-16(29-2)10-8-14)24-25-21(26)31-13-20(28)23-15-5-4-6-17(11-15)30-3/h4-11H,12-13H2,1-3H3,(H,22,27)(H,23,28). The second-order valence-electron chi connectivity index (χ2n) is 6.48. The zero-order chi connectivity index (χ0) is 22.2. The number of rotatable bonds is 9. The van der Waals surface area contributed by atoms with Gasteiger partial charge in [0.15, 0.2) is 5.16 Å². The normalized spacial score (nSPS) is 10.4. The quantitative estimate of drug-likeness (QED) is 0.492. The molecule has 0 unspecified atom stereocenters. The Labute approximate surface area is 184 Å². The van der Waals surface area contributed by atoms with Crippen LogP contribution in [0.15, 0.2) is 53.7 Å². The smallest absolute Gasteiger partial charge is 0.234 e. The predicted molar refractivity (Wildman–Crippen MR) is 119 cm³/mol. The fraction of sp³-hybridized carbons (Fsp3) is 0.238. The van der Waals surface area contributed by atoms with Gasteiger partial charge in [-0.15, -0.1) is 10.2 Å². The van der Waals surface area contributed by atoms with Gasteiger partial charge in [-0.3, -0.25) is 9.59 Å². The van der Waals surface area contributed by atoms with E-state index in [0.29, 0.717) is 33.9 Å². The van der Waals surface area contributed by atoms with Crippen LogP contribution in [0.1, 0.15) is 5.82 Å². The van der Waals surface area contributed by atoms with E-state index in [4.69, 9.17) is 9.47 Å². The van der Waals surface area contributed by atoms with E-state index in [2.05, 4.69) is 20.8 Å². The highest BCUT2D eigenvalue weighted by Crippen LogP contribution is 2.20. The number of carbonyl (C=O) groups is 2. The molecule has 0 atom stereocenters. The molecule has 0 saturated heterocycles. The molecule has 3 rings (SSSR count). The van der Waals surface area contributed by atoms with Crippen molar-refractivity contribution < 1.29 is 19.1 Å². The summed E-state index contributed by atoms with van der Waals surface area (Å²) >= 11 is 1.24. The van der Waals surface area contributed by atoms with Crippen LogP contribution < -0.4 is 20.1 Å². The molecule has 2 aromatic carbocycles. The molecule has 0 bridgehead atoms. The molecule has 162 valence electrons. The predicted octanol–water partition coefficient (Wildman–Crippen LogP) is 2.74. The van der Waals surface area contributed by atoms with Crippen LogP contribution in [0, 0.1) is 0 Å². The Morgan fingerprint density at radius 1 is 0.935 bits per heavy atom. The average molecular weight is 442 g/mol. The number of hydrogen-bond donors (Lipinski definition) is 2. The average Bonchev–Trinajstić information content (AvgIpc) is 3.12. The second-order valence-corrected chi connectivity index (χ2v) is 7.42. The van der Waals surface area contributed by atoms with Crippen molar-refractivity contribution in [1.29, 1.82) is 0 Å². The van der Waals surface area contributed by atoms with Gasteiger partial charge in [0.2, 0.25) is 11.8 Å². The van der Waals surface area contributed by atoms with Crippen molar-refractivity contribution >= 4 is 35.0 Å². The summed E-state index contributed by atoms with van der Waals surface area (Å²) in [6, 6.07) is 14.2. The lowest BCUT2D eigenvalue weighted by Gasteiger charge is -2.08. The third-order valence-electron chi connectivity index (χ3n) is 4.30. The number of amides is 2. The first-order chi connectivity index (χ1) is 15.0. The van der Waals surface area contributed by atoms with Gasteiger partial charge in [0, 0.05) is 24.5 Å². The Balaban J connectivity index is 1.51. The molecule has 10 heteroatoms. The molecule has 0 aliphatic rings. The molecular formula is C21H23N5O4S. The Hall–Kier alpha value is -3.53. The zero-order valence-corrected chi connectivity index (χ0v) is 18.2. The maximum absolute atomic E-state index is 12.3. The number of thioether (sulfide) groups is 1. The topological polar surface area (TPSA) is 107 Å². The molecule has 2 amide bonds. The van der Waals surface area contributed by atoms with Crippen molar-refractivity contribution in [1.82, 2.24) is 14.8 Å². The highest BCUT2D eigenvalue weighted by atomic mass is 32.2. The minimum absolute atomic E-state index is 0.0616. The van der Waals surface area contributed by atoms with E-state index < -0.39 is 0 Å². The molecule has 0 radical (unpaired) electrons. The lowest BCUT2D eigenvalue weighted by molar-refractivity contribution is -0.116. The lowest BCUT2D eigenvalue weighted by atomic mass is 10.3. The van der Waals surface area contributed by atoms with Gasteiger partial charge >= 0.3 is 0 Å². The summed E-state index contributed by atoms with van der Waals surface area (Å²) in [6.45, 7) is 0. The first kappa shape index (κ1) is 22.2. The van der Waals surface area contributed by atoms with E-state index >= 15 is 0 Å². The number of nitrogens with one attached hydrogen (secondary N) is 2. The minimum atomic E-state index is -0.215. The summed E-state index contributed by atoms with van der Waals surface area (Å²) in [6.07, 6.45) is 0.0616. The first-order valence-corrected chi connectivity index (χ1v) is 10.4. The number of ether oxygens (including phenoxy) is 2. The molecule has 9 nitrogen and oxygen atoms in total. The Morgan fingerprint density at radius 2 is 1.65 bits per heavy atom. The van der Waals surface area contributed by atoms with E-state index in [1.165, 1.54) is 11.8 Å². The lowest BCUT2D eigenvalue weighted by Crippen LogP contribution is -2.17. The fourth-order valence-electron chi connectivity index (χ4n) is 2.68. The molecule has 0 saturated carbocycles. The summed E-state index contributed by atoms with van der Waals surface area (Å²) < 4.78 is 12.0. The van der Waals surface area contributed by atoms with E-state index in [-0.39, 0.29) is 24.0 Å². The van der Waals surface area contributed by atoms with Crippen molar-refractivity contribution in [2.75, 3.05) is 30.6 Å². The molecular weight excluding hydrogens is 418 g/mol. The molecule has 31 heavy (non-hydrogen) atoms. The van der Waals surface area contributed by atoms with Crippen LogP contribution >= 0.6 is 11.8 Å². The molecule has 0 aliphatic heterocycles. The molecule has 3 aromatic rings. The summed E-state index contributed by atoms with van der Waals surface area (Å²) in [5, 5.41) is 14.3. The second kappa shape index (κ2) is 10.5. The van der Waals surface area contributed by atoms with E-state index in [0.717, 1.165) is 0 Å². The van der Waals surface area contributed by atoms with Crippen molar-refractivity contribution in [3.05, 3.63) is 54.4 Å². The highest BCUT2D eigenvalue weighted by molar-refractivity contribution is 7.99. The summed E-state index contributed by atoms with van der Waals surface area (Å²) in [7, 11) is 4.91. The fourth-order valence-corrected chi connectivity index (χ4v) is 3.41. The van der Waals surface area contributed by atoms with Gasteiger partial charge in [-0.05, 0) is 36.4 Å². The number of nitrogens with zero attached hydrogens (tertiary/aromatic N) is 3. The zero-order valence-electron chi connectivity index (χ0n) is 17.4. The number of aromatic nitrogens is 3. The Kier molecular flexibility index (Phi) is 7.50. The van der Waals surface area contributed by atoms with E-state index in [1.807, 2.05) is 0 Å². The third-order valence-corrected chi connectivity index (χ3v) is 5.32. The van der Waals surface area contributed by atoms with Gasteiger partial charge in [0.25, 0.3) is 0 Å². The van der Waals surface area contributed by atoms with Gasteiger partial charge in [0.1, 0.15) is 17.3 Å². The van der Waals surface area contributed by atoms with Gasteiger partial charge in [-0.2, -0.15) is 0 Å². The van der Waals surface area contributed by atoms with Crippen LogP contribution in [0.3, 0.4) is 0 Å². The first-order valence-electron chi connectivity index (χ1n) is 9.37. The van der Waals surface area contributed by atoms with Gasteiger partial charge in [-0.1, -0.05) is 17.8 Å². The van der Waals surface area contributed by atoms with Gasteiger partial charge in [-0.25, -0.2) is 0 Å². The summed E-state index contributed by atoms with van der Waals surface area (Å²) in [5.41, 5.74) is 1.32. The molecule has 0 spiro atoms. The highest BCUT2D eigenvalue weighted by Gasteiger charge is 2.15. The van der Waals surface area contributed by atoms with Crippen LogP contribution in [0.25, 0.3) is 0 Å². The number of hydrogen-bond acceptors (Lipinski definition) is 7. The molecule has 2 N–H and O–H groups in total. The molecule has 1 aromatic heterocycles. The number of benzene rings is 2. The Morgan fingerprint density at radius 3 is 2.35 bits per heavy atom. The molecule has 0 aliphatic carbocycles. The van der Waals surface area contributed by atoms with Crippen LogP contribution in [0.2, 0.25) is 0 Å². The molecule has 1 heterocycles. The third kappa shape index (κ3) is 6.22. The largest absolute Gasteiger partial charge is 0.497 e. The van der Waals surface area contributed by atoms with Crippen LogP contribution in [0.4, 0.5) is 11.4 Å². The van der Waals surface area contributed by atoms with Crippen molar-refractivity contribution in [2.24, 2.45) is 7.05 Å². The number of methoxy groups -OCH3 is 2. The van der Waals surface area contributed by atoms with E-state index in [9.17, 15) is 9.59 Å². The van der Waals surface area contributed by atoms with E-state index in [1.54, 1.807) is 74.4 Å². The van der Waals surface area contributed by atoms with Crippen molar-refractivity contribution in [3.8, 4) is 11.5 Å². The maximum Gasteiger partial charge on any atom is 0.234 e. The van der Waals surface area contributed by atoms with Crippen LogP contribution in [-0.2, 0) is 23.1 Å². The summed E-state index contributed by atoms with van der Waals surface area (Å²) in [4.78, 5) is 24.5. The number of carbonyl (C=O) groups excluding carboxylic acids is 2.